The summed E-state index contributed by atoms with van der Waals surface area (Å²) >= 11 is 6.15. The number of halogens is 1. The minimum Gasteiger partial charge on any atom is -0.507 e. The standard InChI is InChI=1S/C25H18ClNO7/c1-32-16-4-2-3-15(11-16)27-22(13-5-7-18(28)17(26)9-13)21(24(30)25(27)31)23(29)14-6-8-19-20(10-14)34-12-33-19/h2-11,22,28-29H,12H2,1H3/b23-21-. The highest BCUT2D eigenvalue weighted by atomic mass is 35.5. The second kappa shape index (κ2) is 8.31. The van der Waals surface area contributed by atoms with Gasteiger partial charge in [0.1, 0.15) is 17.3 Å². The van der Waals surface area contributed by atoms with Gasteiger partial charge in [-0.2, -0.15) is 0 Å². The van der Waals surface area contributed by atoms with Crippen LogP contribution in [0.25, 0.3) is 5.76 Å². The molecule has 0 bridgehead atoms. The maximum Gasteiger partial charge on any atom is 0.300 e. The van der Waals surface area contributed by atoms with Crippen LogP contribution < -0.4 is 19.1 Å². The van der Waals surface area contributed by atoms with Gasteiger partial charge in [0, 0.05) is 17.3 Å². The molecule has 8 nitrogen and oxygen atoms in total. The van der Waals surface area contributed by atoms with Gasteiger partial charge < -0.3 is 24.4 Å². The van der Waals surface area contributed by atoms with Crippen LogP contribution in [0.1, 0.15) is 17.2 Å². The van der Waals surface area contributed by atoms with E-state index in [1.807, 2.05) is 0 Å². The number of aliphatic hydroxyl groups is 1. The number of rotatable bonds is 4. The number of carbonyl (C=O) groups is 2. The number of phenols is 1. The minimum atomic E-state index is -1.02. The largest absolute Gasteiger partial charge is 0.507 e. The Labute approximate surface area is 199 Å². The normalized spacial score (nSPS) is 18.4. The fraction of sp³-hybridized carbons (Fsp3) is 0.120. The number of methoxy groups -OCH3 is 1. The van der Waals surface area contributed by atoms with Gasteiger partial charge in [0.05, 0.1) is 23.7 Å². The van der Waals surface area contributed by atoms with E-state index in [0.717, 1.165) is 0 Å². The van der Waals surface area contributed by atoms with E-state index >= 15 is 0 Å². The molecule has 2 aliphatic rings. The van der Waals surface area contributed by atoms with Crippen LogP contribution in [-0.4, -0.2) is 35.8 Å². The smallest absolute Gasteiger partial charge is 0.300 e. The Morgan fingerprint density at radius 3 is 2.62 bits per heavy atom. The van der Waals surface area contributed by atoms with Crippen molar-refractivity contribution in [1.82, 2.24) is 0 Å². The molecule has 5 rings (SSSR count). The van der Waals surface area contributed by atoms with Crippen molar-refractivity contribution in [3.63, 3.8) is 0 Å². The van der Waals surface area contributed by atoms with E-state index in [0.29, 0.717) is 28.5 Å². The van der Waals surface area contributed by atoms with E-state index in [1.54, 1.807) is 36.4 Å². The molecule has 0 radical (unpaired) electrons. The number of benzene rings is 3. The highest BCUT2D eigenvalue weighted by Gasteiger charge is 2.47. The Bertz CT molecular complexity index is 1370. The van der Waals surface area contributed by atoms with Crippen molar-refractivity contribution in [3.8, 4) is 23.0 Å². The molecule has 1 atom stereocenters. The molecule has 2 aliphatic heterocycles. The van der Waals surface area contributed by atoms with Gasteiger partial charge in [0.25, 0.3) is 11.7 Å². The van der Waals surface area contributed by atoms with Crippen LogP contribution in [-0.2, 0) is 9.59 Å². The maximum absolute atomic E-state index is 13.2. The van der Waals surface area contributed by atoms with Crippen LogP contribution >= 0.6 is 11.6 Å². The van der Waals surface area contributed by atoms with Gasteiger partial charge in [0.2, 0.25) is 6.79 Å². The van der Waals surface area contributed by atoms with Crippen LogP contribution in [0.4, 0.5) is 5.69 Å². The zero-order valence-corrected chi connectivity index (χ0v) is 18.6. The molecule has 1 fully saturated rings. The summed E-state index contributed by atoms with van der Waals surface area (Å²) in [6, 6.07) is 14.7. The molecular formula is C25H18ClNO7. The summed E-state index contributed by atoms with van der Waals surface area (Å²) in [5.74, 6) is -0.823. The molecule has 2 heterocycles. The van der Waals surface area contributed by atoms with Crippen LogP contribution in [0.15, 0.2) is 66.2 Å². The first kappa shape index (κ1) is 21.7. The molecule has 0 aromatic heterocycles. The fourth-order valence-electron chi connectivity index (χ4n) is 4.07. The van der Waals surface area contributed by atoms with Crippen molar-refractivity contribution in [2.45, 2.75) is 6.04 Å². The lowest BCUT2D eigenvalue weighted by Gasteiger charge is -2.26. The Hall–Kier alpha value is -4.17. The number of ketones is 1. The van der Waals surface area contributed by atoms with Gasteiger partial charge in [-0.25, -0.2) is 0 Å². The van der Waals surface area contributed by atoms with Crippen LogP contribution in [0.3, 0.4) is 0 Å². The van der Waals surface area contributed by atoms with E-state index in [2.05, 4.69) is 0 Å². The number of hydrogen-bond donors (Lipinski definition) is 2. The molecule has 3 aromatic carbocycles. The SMILES string of the molecule is COc1cccc(N2C(=O)C(=O)/C(=C(\O)c3ccc4c(c3)OCO4)C2c2ccc(O)c(Cl)c2)c1. The van der Waals surface area contributed by atoms with Crippen LogP contribution in [0, 0.1) is 0 Å². The molecule has 34 heavy (non-hydrogen) atoms. The summed E-state index contributed by atoms with van der Waals surface area (Å²) in [5.41, 5.74) is 0.962. The molecule has 1 saturated heterocycles. The Morgan fingerprint density at radius 2 is 1.85 bits per heavy atom. The second-order valence-corrected chi connectivity index (χ2v) is 8.06. The van der Waals surface area contributed by atoms with Crippen LogP contribution in [0.2, 0.25) is 5.02 Å². The molecule has 9 heteroatoms. The predicted octanol–water partition coefficient (Wildman–Crippen LogP) is 4.41. The van der Waals surface area contributed by atoms with Gasteiger partial charge in [0.15, 0.2) is 11.5 Å². The summed E-state index contributed by atoms with van der Waals surface area (Å²) in [4.78, 5) is 27.8. The van der Waals surface area contributed by atoms with Crippen LogP contribution in [0.5, 0.6) is 23.0 Å². The average molecular weight is 480 g/mol. The van der Waals surface area contributed by atoms with Crippen molar-refractivity contribution in [1.29, 1.82) is 0 Å². The lowest BCUT2D eigenvalue weighted by atomic mass is 9.95. The van der Waals surface area contributed by atoms with Crippen molar-refractivity contribution in [3.05, 3.63) is 82.4 Å². The van der Waals surface area contributed by atoms with Crippen molar-refractivity contribution in [2.24, 2.45) is 0 Å². The number of fused-ring (bicyclic) bond motifs is 1. The summed E-state index contributed by atoms with van der Waals surface area (Å²) in [6.45, 7) is 0.0474. The first-order valence-corrected chi connectivity index (χ1v) is 10.6. The number of aromatic hydroxyl groups is 1. The number of aliphatic hydroxyl groups excluding tert-OH is 1. The molecule has 172 valence electrons. The monoisotopic (exact) mass is 479 g/mol. The number of anilines is 1. The zero-order valence-electron chi connectivity index (χ0n) is 17.8. The Morgan fingerprint density at radius 1 is 1.06 bits per heavy atom. The third-order valence-electron chi connectivity index (χ3n) is 5.71. The summed E-state index contributed by atoms with van der Waals surface area (Å²) in [5, 5.41) is 21.2. The number of carbonyl (C=O) groups excluding carboxylic acids is 2. The molecule has 3 aromatic rings. The third kappa shape index (κ3) is 3.48. The van der Waals surface area contributed by atoms with Gasteiger partial charge in [-0.15, -0.1) is 0 Å². The van der Waals surface area contributed by atoms with Crippen molar-refractivity contribution >= 4 is 34.7 Å². The van der Waals surface area contributed by atoms with Crippen molar-refractivity contribution < 1.29 is 34.0 Å². The average Bonchev–Trinajstić information content (AvgIpc) is 3.42. The number of nitrogens with zero attached hydrogens (tertiary/aromatic N) is 1. The van der Waals surface area contributed by atoms with Gasteiger partial charge in [-0.3, -0.25) is 14.5 Å². The number of hydrogen-bond acceptors (Lipinski definition) is 7. The molecular weight excluding hydrogens is 462 g/mol. The van der Waals surface area contributed by atoms with Gasteiger partial charge >= 0.3 is 0 Å². The summed E-state index contributed by atoms with van der Waals surface area (Å²) < 4.78 is 16.0. The molecule has 1 unspecified atom stereocenters. The molecule has 0 spiro atoms. The van der Waals surface area contributed by atoms with E-state index < -0.39 is 17.7 Å². The second-order valence-electron chi connectivity index (χ2n) is 7.65. The highest BCUT2D eigenvalue weighted by Crippen LogP contribution is 2.45. The molecule has 0 aliphatic carbocycles. The maximum atomic E-state index is 13.2. The number of amides is 1. The molecule has 1 amide bonds. The van der Waals surface area contributed by atoms with E-state index in [1.165, 1.54) is 36.3 Å². The minimum absolute atomic E-state index is 0.0387. The molecule has 0 saturated carbocycles. The third-order valence-corrected chi connectivity index (χ3v) is 6.01. The number of Topliss-reactive ketones (excluding diaryl/α,β-unsaturated/α-hetero) is 1. The van der Waals surface area contributed by atoms with E-state index in [-0.39, 0.29) is 34.5 Å². The Kier molecular flexibility index (Phi) is 5.30. The quantitative estimate of drug-likeness (QED) is 0.324. The van der Waals surface area contributed by atoms with Crippen molar-refractivity contribution in [2.75, 3.05) is 18.8 Å². The van der Waals surface area contributed by atoms with Gasteiger partial charge in [-0.1, -0.05) is 23.7 Å². The summed E-state index contributed by atoms with van der Waals surface area (Å²) in [7, 11) is 1.49. The highest BCUT2D eigenvalue weighted by molar-refractivity contribution is 6.51. The lowest BCUT2D eigenvalue weighted by molar-refractivity contribution is -0.132. The Balaban J connectivity index is 1.72. The molecule has 2 N–H and O–H groups in total. The lowest BCUT2D eigenvalue weighted by Crippen LogP contribution is -2.29. The van der Waals surface area contributed by atoms with E-state index in [9.17, 15) is 19.8 Å². The topological polar surface area (TPSA) is 106 Å². The first-order valence-electron chi connectivity index (χ1n) is 10.2. The fourth-order valence-corrected chi connectivity index (χ4v) is 4.26. The zero-order chi connectivity index (χ0) is 24.0. The van der Waals surface area contributed by atoms with Gasteiger partial charge in [-0.05, 0) is 48.0 Å². The predicted molar refractivity (Wildman–Crippen MR) is 123 cm³/mol. The van der Waals surface area contributed by atoms with E-state index in [4.69, 9.17) is 25.8 Å². The first-order chi connectivity index (χ1) is 16.4. The number of ether oxygens (including phenoxy) is 3. The summed E-state index contributed by atoms with van der Waals surface area (Å²) in [6.07, 6.45) is 0. The number of phenolic OH excluding ortho intramolecular Hbond substituents is 1.